The van der Waals surface area contributed by atoms with Crippen LogP contribution in [0.5, 0.6) is 0 Å². The molecule has 16 heavy (non-hydrogen) atoms. The van der Waals surface area contributed by atoms with E-state index in [0.717, 1.165) is 31.6 Å². The van der Waals surface area contributed by atoms with Crippen LogP contribution >= 0.6 is 12.4 Å². The molecule has 1 aliphatic heterocycles. The van der Waals surface area contributed by atoms with E-state index in [1.54, 1.807) is 12.1 Å². The maximum atomic E-state index is 10.6. The molecule has 88 valence electrons. The molecule has 0 spiro atoms. The molecule has 2 rings (SSSR count). The van der Waals surface area contributed by atoms with Crippen LogP contribution in [0.15, 0.2) is 18.2 Å². The molecule has 4 nitrogen and oxygen atoms in total. The first-order chi connectivity index (χ1) is 7.20. The molecule has 1 aromatic carbocycles. The topological polar surface area (TPSA) is 46.4 Å². The molecule has 0 unspecified atom stereocenters. The Morgan fingerprint density at radius 1 is 1.44 bits per heavy atom. The fourth-order valence-corrected chi connectivity index (χ4v) is 1.99. The van der Waals surface area contributed by atoms with Gasteiger partial charge in [0.25, 0.3) is 5.69 Å². The molecule has 0 aromatic heterocycles. The lowest BCUT2D eigenvalue weighted by atomic mass is 9.99. The molecule has 0 amide bonds. The monoisotopic (exact) mass is 242 g/mol. The number of nitrogens with zero attached hydrogens (tertiary/aromatic N) is 2. The average Bonchev–Trinajstić information content (AvgIpc) is 2.27. The van der Waals surface area contributed by atoms with Crippen molar-refractivity contribution in [3.8, 4) is 0 Å². The van der Waals surface area contributed by atoms with Gasteiger partial charge in [-0.3, -0.25) is 15.0 Å². The van der Waals surface area contributed by atoms with Gasteiger partial charge in [0.2, 0.25) is 0 Å². The highest BCUT2D eigenvalue weighted by atomic mass is 35.5. The lowest BCUT2D eigenvalue weighted by Gasteiger charge is -2.27. The molecule has 1 heterocycles. The molecule has 1 aromatic rings. The van der Waals surface area contributed by atoms with Crippen molar-refractivity contribution in [1.82, 2.24) is 4.90 Å². The van der Waals surface area contributed by atoms with Gasteiger partial charge in [0, 0.05) is 25.2 Å². The molecule has 0 aliphatic carbocycles. The number of halogens is 1. The van der Waals surface area contributed by atoms with Gasteiger partial charge in [-0.1, -0.05) is 13.0 Å². The fourth-order valence-electron chi connectivity index (χ4n) is 1.99. The normalized spacial score (nSPS) is 15.1. The average molecular weight is 243 g/mol. The molecule has 5 heteroatoms. The van der Waals surface area contributed by atoms with Gasteiger partial charge in [0.15, 0.2) is 0 Å². The Morgan fingerprint density at radius 2 is 2.19 bits per heavy atom. The Kier molecular flexibility index (Phi) is 4.26. The van der Waals surface area contributed by atoms with E-state index in [2.05, 4.69) is 11.8 Å². The van der Waals surface area contributed by atoms with Gasteiger partial charge in [-0.05, 0) is 24.1 Å². The van der Waals surface area contributed by atoms with Gasteiger partial charge in [-0.2, -0.15) is 0 Å². The third-order valence-corrected chi connectivity index (χ3v) is 2.94. The van der Waals surface area contributed by atoms with Gasteiger partial charge in [0.05, 0.1) is 4.92 Å². The first kappa shape index (κ1) is 12.9. The van der Waals surface area contributed by atoms with Crippen LogP contribution in [-0.4, -0.2) is 22.9 Å². The van der Waals surface area contributed by atoms with Crippen molar-refractivity contribution in [2.45, 2.75) is 19.9 Å². The number of hydrogen-bond acceptors (Lipinski definition) is 3. The zero-order valence-electron chi connectivity index (χ0n) is 9.18. The Hall–Kier alpha value is -1.13. The molecule has 0 fully saturated rings. The molecule has 1 aliphatic rings. The molecular formula is C11H15ClN2O2. The summed E-state index contributed by atoms with van der Waals surface area (Å²) in [6, 6.07) is 5.19. The van der Waals surface area contributed by atoms with Gasteiger partial charge >= 0.3 is 0 Å². The summed E-state index contributed by atoms with van der Waals surface area (Å²) in [6.07, 6.45) is 1.00. The minimum absolute atomic E-state index is 0. The van der Waals surface area contributed by atoms with Gasteiger partial charge in [-0.25, -0.2) is 0 Å². The number of benzene rings is 1. The van der Waals surface area contributed by atoms with Crippen LogP contribution in [0, 0.1) is 10.1 Å². The summed E-state index contributed by atoms with van der Waals surface area (Å²) in [7, 11) is 0. The Morgan fingerprint density at radius 3 is 2.81 bits per heavy atom. The standard InChI is InChI=1S/C11H14N2O2.ClH/c1-2-12-6-5-9-3-4-11(13(14)15)7-10(9)8-12;/h3-4,7H,2,5-6,8H2,1H3;1H. The van der Waals surface area contributed by atoms with Crippen molar-refractivity contribution in [1.29, 1.82) is 0 Å². The van der Waals surface area contributed by atoms with Crippen LogP contribution in [0.25, 0.3) is 0 Å². The summed E-state index contributed by atoms with van der Waals surface area (Å²) in [4.78, 5) is 12.6. The first-order valence-corrected chi connectivity index (χ1v) is 5.19. The maximum Gasteiger partial charge on any atom is 0.269 e. The highest BCUT2D eigenvalue weighted by molar-refractivity contribution is 5.85. The van der Waals surface area contributed by atoms with E-state index in [9.17, 15) is 10.1 Å². The first-order valence-electron chi connectivity index (χ1n) is 5.19. The molecular weight excluding hydrogens is 228 g/mol. The summed E-state index contributed by atoms with van der Waals surface area (Å²) in [5.41, 5.74) is 2.56. The van der Waals surface area contributed by atoms with E-state index in [0.29, 0.717) is 0 Å². The predicted molar refractivity (Wildman–Crippen MR) is 65.0 cm³/mol. The van der Waals surface area contributed by atoms with E-state index in [4.69, 9.17) is 0 Å². The summed E-state index contributed by atoms with van der Waals surface area (Å²) in [5.74, 6) is 0. The number of nitro groups is 1. The van der Waals surface area contributed by atoms with Gasteiger partial charge in [-0.15, -0.1) is 12.4 Å². The number of likely N-dealkylation sites (N-methyl/N-ethyl adjacent to an activating group) is 1. The summed E-state index contributed by atoms with van der Waals surface area (Å²) in [6.45, 7) is 5.01. The lowest BCUT2D eigenvalue weighted by molar-refractivity contribution is -0.385. The number of fused-ring (bicyclic) bond motifs is 1. The minimum Gasteiger partial charge on any atom is -0.299 e. The SMILES string of the molecule is CCN1CCc2ccc([N+](=O)[O-])cc2C1.Cl. The zero-order chi connectivity index (χ0) is 10.8. The van der Waals surface area contributed by atoms with E-state index in [1.165, 1.54) is 5.56 Å². The van der Waals surface area contributed by atoms with Crippen molar-refractivity contribution in [2.75, 3.05) is 13.1 Å². The third kappa shape index (κ3) is 2.51. The van der Waals surface area contributed by atoms with Crippen LogP contribution in [0.3, 0.4) is 0 Å². The second kappa shape index (κ2) is 5.27. The maximum absolute atomic E-state index is 10.6. The summed E-state index contributed by atoms with van der Waals surface area (Å²) in [5, 5.41) is 10.6. The predicted octanol–water partition coefficient (Wildman–Crippen LogP) is 2.39. The zero-order valence-corrected chi connectivity index (χ0v) is 10.00. The Bertz CT molecular complexity index is 396. The molecule has 0 radical (unpaired) electrons. The lowest BCUT2D eigenvalue weighted by Crippen LogP contribution is -2.30. The fraction of sp³-hybridized carbons (Fsp3) is 0.455. The summed E-state index contributed by atoms with van der Waals surface area (Å²) < 4.78 is 0. The highest BCUT2D eigenvalue weighted by Gasteiger charge is 2.17. The largest absolute Gasteiger partial charge is 0.299 e. The quantitative estimate of drug-likeness (QED) is 0.591. The number of non-ortho nitro benzene ring substituents is 1. The molecule has 0 saturated heterocycles. The summed E-state index contributed by atoms with van der Waals surface area (Å²) >= 11 is 0. The second-order valence-corrected chi connectivity index (χ2v) is 3.83. The highest BCUT2D eigenvalue weighted by Crippen LogP contribution is 2.23. The van der Waals surface area contributed by atoms with E-state index in [-0.39, 0.29) is 23.0 Å². The van der Waals surface area contributed by atoms with E-state index < -0.39 is 0 Å². The minimum atomic E-state index is -0.328. The molecule has 0 atom stereocenters. The van der Waals surface area contributed by atoms with E-state index >= 15 is 0 Å². The van der Waals surface area contributed by atoms with Crippen molar-refractivity contribution in [3.63, 3.8) is 0 Å². The Balaban J connectivity index is 0.00000128. The van der Waals surface area contributed by atoms with Crippen molar-refractivity contribution in [3.05, 3.63) is 39.4 Å². The third-order valence-electron chi connectivity index (χ3n) is 2.94. The van der Waals surface area contributed by atoms with Crippen molar-refractivity contribution < 1.29 is 4.92 Å². The molecule has 0 bridgehead atoms. The number of rotatable bonds is 2. The smallest absolute Gasteiger partial charge is 0.269 e. The molecule has 0 N–H and O–H groups in total. The Labute approximate surface area is 101 Å². The van der Waals surface area contributed by atoms with E-state index in [1.807, 2.05) is 6.07 Å². The molecule has 0 saturated carbocycles. The van der Waals surface area contributed by atoms with Crippen LogP contribution < -0.4 is 0 Å². The van der Waals surface area contributed by atoms with Crippen molar-refractivity contribution >= 4 is 18.1 Å². The van der Waals surface area contributed by atoms with Crippen LogP contribution in [0.4, 0.5) is 5.69 Å². The number of hydrogen-bond donors (Lipinski definition) is 0. The van der Waals surface area contributed by atoms with Gasteiger partial charge < -0.3 is 0 Å². The van der Waals surface area contributed by atoms with Crippen LogP contribution in [-0.2, 0) is 13.0 Å². The van der Waals surface area contributed by atoms with Crippen molar-refractivity contribution in [2.24, 2.45) is 0 Å². The van der Waals surface area contributed by atoms with Crippen LogP contribution in [0.2, 0.25) is 0 Å². The second-order valence-electron chi connectivity index (χ2n) is 3.83. The van der Waals surface area contributed by atoms with Crippen LogP contribution in [0.1, 0.15) is 18.1 Å². The number of nitro benzene ring substituents is 1. The van der Waals surface area contributed by atoms with Gasteiger partial charge in [0.1, 0.15) is 0 Å².